The average Bonchev–Trinajstić information content (AvgIpc) is 3.36. The summed E-state index contributed by atoms with van der Waals surface area (Å²) in [7, 11) is 3.21. The number of benzene rings is 3. The van der Waals surface area contributed by atoms with Crippen LogP contribution in [0.3, 0.4) is 0 Å². The Labute approximate surface area is 212 Å². The summed E-state index contributed by atoms with van der Waals surface area (Å²) in [5, 5.41) is 7.75. The molecule has 0 fully saturated rings. The van der Waals surface area contributed by atoms with Crippen molar-refractivity contribution in [1.29, 1.82) is 0 Å². The van der Waals surface area contributed by atoms with Crippen LogP contribution in [0.2, 0.25) is 0 Å². The molecule has 0 radical (unpaired) electrons. The maximum absolute atomic E-state index is 12.7. The Morgan fingerprint density at radius 2 is 1.72 bits per heavy atom. The molecule has 6 nitrogen and oxygen atoms in total. The number of nitrogens with one attached hydrogen (secondary N) is 1. The van der Waals surface area contributed by atoms with Crippen molar-refractivity contribution in [2.45, 2.75) is 26.2 Å². The molecule has 0 aliphatic heterocycles. The molecule has 1 aromatic heterocycles. The van der Waals surface area contributed by atoms with Gasteiger partial charge in [0, 0.05) is 29.1 Å². The summed E-state index contributed by atoms with van der Waals surface area (Å²) in [6, 6.07) is 23.5. The SMILES string of the molecule is CCC(C)c1ccc(NC(=O)/C=C/c2cn(-c3ccccc3)nc2-c2ccc(OC)c(OC)c2)cc1. The van der Waals surface area contributed by atoms with Gasteiger partial charge in [-0.3, -0.25) is 4.79 Å². The lowest BCUT2D eigenvalue weighted by Gasteiger charge is -2.10. The van der Waals surface area contributed by atoms with Crippen LogP contribution >= 0.6 is 0 Å². The van der Waals surface area contributed by atoms with Gasteiger partial charge < -0.3 is 14.8 Å². The third kappa shape index (κ3) is 5.66. The lowest BCUT2D eigenvalue weighted by molar-refractivity contribution is -0.111. The summed E-state index contributed by atoms with van der Waals surface area (Å²) in [5.74, 6) is 1.53. The van der Waals surface area contributed by atoms with E-state index in [-0.39, 0.29) is 5.91 Å². The Bertz CT molecular complexity index is 1340. The number of hydrogen-bond donors (Lipinski definition) is 1. The molecule has 0 spiro atoms. The van der Waals surface area contributed by atoms with Gasteiger partial charge in [0.1, 0.15) is 5.69 Å². The van der Waals surface area contributed by atoms with Gasteiger partial charge in [-0.25, -0.2) is 4.68 Å². The van der Waals surface area contributed by atoms with Crippen molar-refractivity contribution < 1.29 is 14.3 Å². The van der Waals surface area contributed by atoms with E-state index < -0.39 is 0 Å². The fourth-order valence-corrected chi connectivity index (χ4v) is 3.91. The van der Waals surface area contributed by atoms with E-state index >= 15 is 0 Å². The van der Waals surface area contributed by atoms with Crippen molar-refractivity contribution in [3.05, 3.63) is 96.2 Å². The van der Waals surface area contributed by atoms with E-state index in [1.165, 1.54) is 11.6 Å². The normalized spacial score (nSPS) is 11.9. The fraction of sp³-hybridized carbons (Fsp3) is 0.200. The highest BCUT2D eigenvalue weighted by Crippen LogP contribution is 2.34. The topological polar surface area (TPSA) is 65.4 Å². The van der Waals surface area contributed by atoms with Gasteiger partial charge in [0.25, 0.3) is 0 Å². The largest absolute Gasteiger partial charge is 0.493 e. The molecular weight excluding hydrogens is 450 g/mol. The molecular formula is C30H31N3O3. The second-order valence-electron chi connectivity index (χ2n) is 8.54. The summed E-state index contributed by atoms with van der Waals surface area (Å²) < 4.78 is 12.7. The van der Waals surface area contributed by atoms with Gasteiger partial charge in [0.15, 0.2) is 11.5 Å². The minimum absolute atomic E-state index is 0.211. The zero-order valence-corrected chi connectivity index (χ0v) is 21.1. The molecule has 0 aliphatic carbocycles. The smallest absolute Gasteiger partial charge is 0.248 e. The molecule has 6 heteroatoms. The summed E-state index contributed by atoms with van der Waals surface area (Å²) >= 11 is 0. The minimum Gasteiger partial charge on any atom is -0.493 e. The quantitative estimate of drug-likeness (QED) is 0.270. The zero-order chi connectivity index (χ0) is 25.5. The third-order valence-corrected chi connectivity index (χ3v) is 6.19. The Balaban J connectivity index is 1.62. The molecule has 0 saturated heterocycles. The number of rotatable bonds is 9. The van der Waals surface area contributed by atoms with E-state index in [9.17, 15) is 4.79 Å². The number of anilines is 1. The van der Waals surface area contributed by atoms with E-state index in [1.54, 1.807) is 25.0 Å². The fourth-order valence-electron chi connectivity index (χ4n) is 3.91. The summed E-state index contributed by atoms with van der Waals surface area (Å²) in [6.07, 6.45) is 6.29. The van der Waals surface area contributed by atoms with Gasteiger partial charge in [0.05, 0.1) is 19.9 Å². The molecule has 0 saturated carbocycles. The van der Waals surface area contributed by atoms with Crippen LogP contribution in [-0.4, -0.2) is 29.9 Å². The van der Waals surface area contributed by atoms with Gasteiger partial charge in [-0.15, -0.1) is 0 Å². The van der Waals surface area contributed by atoms with Crippen molar-refractivity contribution in [3.63, 3.8) is 0 Å². The van der Waals surface area contributed by atoms with Gasteiger partial charge in [-0.05, 0) is 66.4 Å². The van der Waals surface area contributed by atoms with E-state index in [2.05, 4.69) is 31.3 Å². The lowest BCUT2D eigenvalue weighted by atomic mass is 9.99. The molecule has 4 aromatic rings. The van der Waals surface area contributed by atoms with Crippen LogP contribution < -0.4 is 14.8 Å². The maximum Gasteiger partial charge on any atom is 0.248 e. The first kappa shape index (κ1) is 24.8. The van der Waals surface area contributed by atoms with Crippen molar-refractivity contribution in [1.82, 2.24) is 9.78 Å². The van der Waals surface area contributed by atoms with Crippen LogP contribution in [0.4, 0.5) is 5.69 Å². The number of para-hydroxylation sites is 1. The highest BCUT2D eigenvalue weighted by molar-refractivity contribution is 6.02. The zero-order valence-electron chi connectivity index (χ0n) is 21.1. The number of hydrogen-bond acceptors (Lipinski definition) is 4. The molecule has 0 aliphatic rings. The van der Waals surface area contributed by atoms with Crippen LogP contribution in [0.5, 0.6) is 11.5 Å². The molecule has 1 amide bonds. The molecule has 3 aromatic carbocycles. The summed E-state index contributed by atoms with van der Waals surface area (Å²) in [4.78, 5) is 12.7. The number of nitrogens with zero attached hydrogens (tertiary/aromatic N) is 2. The highest BCUT2D eigenvalue weighted by atomic mass is 16.5. The summed E-state index contributed by atoms with van der Waals surface area (Å²) in [6.45, 7) is 4.36. The van der Waals surface area contributed by atoms with Crippen LogP contribution in [0.15, 0.2) is 85.1 Å². The number of carbonyl (C=O) groups is 1. The lowest BCUT2D eigenvalue weighted by Crippen LogP contribution is -2.07. The predicted molar refractivity (Wildman–Crippen MR) is 145 cm³/mol. The number of carbonyl (C=O) groups excluding carboxylic acids is 1. The van der Waals surface area contributed by atoms with Gasteiger partial charge in [-0.1, -0.05) is 44.2 Å². The molecule has 1 N–H and O–H groups in total. The van der Waals surface area contributed by atoms with Gasteiger partial charge >= 0.3 is 0 Å². The molecule has 36 heavy (non-hydrogen) atoms. The van der Waals surface area contributed by atoms with Crippen LogP contribution in [0, 0.1) is 0 Å². The van der Waals surface area contributed by atoms with Crippen LogP contribution in [-0.2, 0) is 4.79 Å². The summed E-state index contributed by atoms with van der Waals surface area (Å²) in [5.41, 5.74) is 5.32. The Morgan fingerprint density at radius 1 is 1.00 bits per heavy atom. The molecule has 4 rings (SSSR count). The number of ether oxygens (including phenoxy) is 2. The number of amides is 1. The second kappa shape index (κ2) is 11.4. The second-order valence-corrected chi connectivity index (χ2v) is 8.54. The monoisotopic (exact) mass is 481 g/mol. The molecule has 184 valence electrons. The molecule has 1 heterocycles. The Morgan fingerprint density at radius 3 is 2.39 bits per heavy atom. The highest BCUT2D eigenvalue weighted by Gasteiger charge is 2.14. The number of methoxy groups -OCH3 is 2. The standard InChI is InChI=1S/C30H31N3O3/c1-5-21(2)22-11-15-25(16-12-22)31-29(34)18-14-24-20-33(26-9-7-6-8-10-26)32-30(24)23-13-17-27(35-3)28(19-23)36-4/h6-21H,5H2,1-4H3,(H,31,34)/b18-14+. The molecule has 1 unspecified atom stereocenters. The first-order chi connectivity index (χ1) is 17.5. The van der Waals surface area contributed by atoms with E-state index in [0.29, 0.717) is 17.4 Å². The first-order valence-electron chi connectivity index (χ1n) is 12.0. The number of aromatic nitrogens is 2. The first-order valence-corrected chi connectivity index (χ1v) is 12.0. The van der Waals surface area contributed by atoms with Gasteiger partial charge in [0.2, 0.25) is 5.91 Å². The Kier molecular flexibility index (Phi) is 7.85. The average molecular weight is 482 g/mol. The van der Waals surface area contributed by atoms with Crippen molar-refractivity contribution >= 4 is 17.7 Å². The van der Waals surface area contributed by atoms with Crippen molar-refractivity contribution in [2.24, 2.45) is 0 Å². The van der Waals surface area contributed by atoms with Crippen LogP contribution in [0.25, 0.3) is 23.0 Å². The van der Waals surface area contributed by atoms with E-state index in [4.69, 9.17) is 14.6 Å². The van der Waals surface area contributed by atoms with Crippen LogP contribution in [0.1, 0.15) is 37.3 Å². The maximum atomic E-state index is 12.7. The van der Waals surface area contributed by atoms with Crippen molar-refractivity contribution in [2.75, 3.05) is 19.5 Å². The Hall–Kier alpha value is -4.32. The van der Waals surface area contributed by atoms with E-state index in [0.717, 1.165) is 34.6 Å². The van der Waals surface area contributed by atoms with E-state index in [1.807, 2.05) is 66.9 Å². The minimum atomic E-state index is -0.211. The van der Waals surface area contributed by atoms with Crippen molar-refractivity contribution in [3.8, 4) is 28.4 Å². The van der Waals surface area contributed by atoms with Gasteiger partial charge in [-0.2, -0.15) is 5.10 Å². The molecule has 0 bridgehead atoms. The predicted octanol–water partition coefficient (Wildman–Crippen LogP) is 6.72. The third-order valence-electron chi connectivity index (χ3n) is 6.19. The molecule has 1 atom stereocenters.